The van der Waals surface area contributed by atoms with Crippen LogP contribution in [0.1, 0.15) is 51.9 Å². The molecule has 4 nitrogen and oxygen atoms in total. The van der Waals surface area contributed by atoms with Gasteiger partial charge in [-0.15, -0.1) is 0 Å². The highest BCUT2D eigenvalue weighted by molar-refractivity contribution is 5.81. The van der Waals surface area contributed by atoms with E-state index in [1.165, 1.54) is 12.8 Å². The fraction of sp³-hybridized carbons (Fsp3) is 0.923. The van der Waals surface area contributed by atoms with E-state index in [9.17, 15) is 4.79 Å². The number of nitrogens with two attached hydrogens (primary N) is 1. The van der Waals surface area contributed by atoms with Gasteiger partial charge in [0.25, 0.3) is 0 Å². The maximum atomic E-state index is 11.6. The van der Waals surface area contributed by atoms with Crippen molar-refractivity contribution in [1.29, 1.82) is 0 Å². The van der Waals surface area contributed by atoms with Crippen LogP contribution in [0.15, 0.2) is 0 Å². The minimum atomic E-state index is -0.345. The number of rotatable bonds is 7. The van der Waals surface area contributed by atoms with Crippen LogP contribution in [0.25, 0.3) is 0 Å². The summed E-state index contributed by atoms with van der Waals surface area (Å²) in [6.07, 6.45) is 7.65. The number of ether oxygens (including phenoxy) is 1. The van der Waals surface area contributed by atoms with Gasteiger partial charge in [0, 0.05) is 13.2 Å². The first-order valence-corrected chi connectivity index (χ1v) is 6.89. The SMILES string of the molecule is CCCC[C@H](N)C(=O)NCCC1CCCCO1. The first-order chi connectivity index (χ1) is 8.24. The quantitative estimate of drug-likeness (QED) is 0.712. The molecule has 0 aromatic heterocycles. The molecule has 100 valence electrons. The third-order valence-corrected chi connectivity index (χ3v) is 3.24. The Morgan fingerprint density at radius 2 is 2.35 bits per heavy atom. The predicted molar refractivity (Wildman–Crippen MR) is 68.7 cm³/mol. The molecule has 0 spiro atoms. The van der Waals surface area contributed by atoms with Crippen molar-refractivity contribution >= 4 is 5.91 Å². The van der Waals surface area contributed by atoms with Crippen LogP contribution in [0.5, 0.6) is 0 Å². The minimum Gasteiger partial charge on any atom is -0.378 e. The van der Waals surface area contributed by atoms with Gasteiger partial charge in [-0.25, -0.2) is 0 Å². The second-order valence-corrected chi connectivity index (χ2v) is 4.82. The van der Waals surface area contributed by atoms with Gasteiger partial charge in [-0.05, 0) is 32.1 Å². The molecule has 0 radical (unpaired) electrons. The number of carbonyl (C=O) groups excluding carboxylic acids is 1. The molecule has 1 saturated heterocycles. The summed E-state index contributed by atoms with van der Waals surface area (Å²) < 4.78 is 5.60. The molecule has 3 N–H and O–H groups in total. The molecule has 0 aliphatic carbocycles. The van der Waals surface area contributed by atoms with Crippen LogP contribution < -0.4 is 11.1 Å². The van der Waals surface area contributed by atoms with Gasteiger partial charge in [0.1, 0.15) is 0 Å². The van der Waals surface area contributed by atoms with Gasteiger partial charge in [-0.1, -0.05) is 19.8 Å². The number of amides is 1. The summed E-state index contributed by atoms with van der Waals surface area (Å²) in [6, 6.07) is -0.345. The van der Waals surface area contributed by atoms with Crippen molar-refractivity contribution in [2.24, 2.45) is 5.73 Å². The Hall–Kier alpha value is -0.610. The zero-order chi connectivity index (χ0) is 12.5. The Labute approximate surface area is 104 Å². The Morgan fingerprint density at radius 3 is 3.00 bits per heavy atom. The maximum absolute atomic E-state index is 11.6. The van der Waals surface area contributed by atoms with Crippen molar-refractivity contribution in [2.45, 2.75) is 64.0 Å². The summed E-state index contributed by atoms with van der Waals surface area (Å²) in [5, 5.41) is 2.89. The standard InChI is InChI=1S/C13H26N2O2/c1-2-3-7-12(14)13(16)15-9-8-11-6-4-5-10-17-11/h11-12H,2-10,14H2,1H3,(H,15,16)/t11?,12-/m0/s1. The van der Waals surface area contributed by atoms with Gasteiger partial charge in [0.15, 0.2) is 0 Å². The second kappa shape index (κ2) is 8.48. The van der Waals surface area contributed by atoms with E-state index in [0.717, 1.165) is 38.7 Å². The van der Waals surface area contributed by atoms with Gasteiger partial charge in [-0.3, -0.25) is 4.79 Å². The summed E-state index contributed by atoms with van der Waals surface area (Å²) in [7, 11) is 0. The molecule has 1 unspecified atom stereocenters. The van der Waals surface area contributed by atoms with Crippen molar-refractivity contribution in [3.8, 4) is 0 Å². The maximum Gasteiger partial charge on any atom is 0.236 e. The van der Waals surface area contributed by atoms with Crippen LogP contribution in [0, 0.1) is 0 Å². The predicted octanol–water partition coefficient (Wildman–Crippen LogP) is 1.58. The van der Waals surface area contributed by atoms with Crippen molar-refractivity contribution in [3.05, 3.63) is 0 Å². The van der Waals surface area contributed by atoms with Gasteiger partial charge in [0.2, 0.25) is 5.91 Å². The van der Waals surface area contributed by atoms with E-state index < -0.39 is 0 Å². The highest BCUT2D eigenvalue weighted by Gasteiger charge is 2.15. The minimum absolute atomic E-state index is 0.0192. The molecule has 2 atom stereocenters. The van der Waals surface area contributed by atoms with E-state index in [1.54, 1.807) is 0 Å². The first-order valence-electron chi connectivity index (χ1n) is 6.89. The molecule has 0 saturated carbocycles. The fourth-order valence-electron chi connectivity index (χ4n) is 2.08. The fourth-order valence-corrected chi connectivity index (χ4v) is 2.08. The van der Waals surface area contributed by atoms with Crippen LogP contribution in [0.3, 0.4) is 0 Å². The number of hydrogen-bond acceptors (Lipinski definition) is 3. The van der Waals surface area contributed by atoms with E-state index in [1.807, 2.05) is 0 Å². The zero-order valence-electron chi connectivity index (χ0n) is 10.9. The highest BCUT2D eigenvalue weighted by Crippen LogP contribution is 2.14. The third-order valence-electron chi connectivity index (χ3n) is 3.24. The molecular weight excluding hydrogens is 216 g/mol. The molecular formula is C13H26N2O2. The zero-order valence-corrected chi connectivity index (χ0v) is 10.9. The summed E-state index contributed by atoms with van der Waals surface area (Å²) in [6.45, 7) is 3.66. The molecule has 4 heteroatoms. The largest absolute Gasteiger partial charge is 0.378 e. The summed E-state index contributed by atoms with van der Waals surface area (Å²) in [5.41, 5.74) is 5.78. The number of nitrogens with one attached hydrogen (secondary N) is 1. The van der Waals surface area contributed by atoms with Crippen LogP contribution in [0.2, 0.25) is 0 Å². The van der Waals surface area contributed by atoms with E-state index >= 15 is 0 Å². The lowest BCUT2D eigenvalue weighted by Gasteiger charge is -2.22. The van der Waals surface area contributed by atoms with E-state index in [0.29, 0.717) is 12.6 Å². The lowest BCUT2D eigenvalue weighted by atomic mass is 10.1. The first kappa shape index (κ1) is 14.5. The van der Waals surface area contributed by atoms with Crippen molar-refractivity contribution in [1.82, 2.24) is 5.32 Å². The second-order valence-electron chi connectivity index (χ2n) is 4.82. The summed E-state index contributed by atoms with van der Waals surface area (Å²) in [5.74, 6) is -0.0192. The van der Waals surface area contributed by atoms with E-state index in [2.05, 4.69) is 12.2 Å². The normalized spacial score (nSPS) is 22.1. The van der Waals surface area contributed by atoms with Crippen LogP contribution in [-0.2, 0) is 9.53 Å². The lowest BCUT2D eigenvalue weighted by Crippen LogP contribution is -2.41. The molecule has 1 aliphatic rings. The molecule has 1 amide bonds. The Morgan fingerprint density at radius 1 is 1.53 bits per heavy atom. The van der Waals surface area contributed by atoms with Crippen molar-refractivity contribution < 1.29 is 9.53 Å². The molecule has 0 aromatic rings. The topological polar surface area (TPSA) is 64.4 Å². The van der Waals surface area contributed by atoms with Crippen LogP contribution >= 0.6 is 0 Å². The molecule has 17 heavy (non-hydrogen) atoms. The van der Waals surface area contributed by atoms with Gasteiger partial charge in [0.05, 0.1) is 12.1 Å². The number of hydrogen-bond donors (Lipinski definition) is 2. The molecule has 0 bridgehead atoms. The lowest BCUT2D eigenvalue weighted by molar-refractivity contribution is -0.122. The van der Waals surface area contributed by atoms with Crippen LogP contribution in [-0.4, -0.2) is 31.2 Å². The number of unbranched alkanes of at least 4 members (excludes halogenated alkanes) is 1. The molecule has 1 heterocycles. The smallest absolute Gasteiger partial charge is 0.236 e. The number of carbonyl (C=O) groups is 1. The Bertz CT molecular complexity index is 215. The summed E-state index contributed by atoms with van der Waals surface area (Å²) in [4.78, 5) is 11.6. The van der Waals surface area contributed by atoms with Crippen molar-refractivity contribution in [3.63, 3.8) is 0 Å². The molecule has 1 fully saturated rings. The molecule has 0 aromatic carbocycles. The van der Waals surface area contributed by atoms with Gasteiger partial charge in [-0.2, -0.15) is 0 Å². The van der Waals surface area contributed by atoms with E-state index in [-0.39, 0.29) is 11.9 Å². The Balaban J connectivity index is 2.06. The van der Waals surface area contributed by atoms with Gasteiger partial charge < -0.3 is 15.8 Å². The monoisotopic (exact) mass is 242 g/mol. The van der Waals surface area contributed by atoms with Crippen molar-refractivity contribution in [2.75, 3.05) is 13.2 Å². The third kappa shape index (κ3) is 6.03. The summed E-state index contributed by atoms with van der Waals surface area (Å²) >= 11 is 0. The highest BCUT2D eigenvalue weighted by atomic mass is 16.5. The van der Waals surface area contributed by atoms with Crippen LogP contribution in [0.4, 0.5) is 0 Å². The average molecular weight is 242 g/mol. The molecule has 1 aliphatic heterocycles. The van der Waals surface area contributed by atoms with Gasteiger partial charge >= 0.3 is 0 Å². The Kier molecular flexibility index (Phi) is 7.21. The average Bonchev–Trinajstić information content (AvgIpc) is 2.37. The van der Waals surface area contributed by atoms with E-state index in [4.69, 9.17) is 10.5 Å². The molecule has 1 rings (SSSR count).